The molecule has 5 nitrogen and oxygen atoms in total. The second-order valence-electron chi connectivity index (χ2n) is 4.94. The molecule has 26 heavy (non-hydrogen) atoms. The van der Waals surface area contributed by atoms with E-state index in [1.807, 2.05) is 0 Å². The molecule has 2 aromatic rings. The van der Waals surface area contributed by atoms with Gasteiger partial charge in [-0.3, -0.25) is 5.32 Å². The minimum absolute atomic E-state index is 0.184. The smallest absolute Gasteiger partial charge is 0.340 e. The van der Waals surface area contributed by atoms with Gasteiger partial charge in [0.2, 0.25) is 10.0 Å². The molecule has 2 rings (SSSR count). The number of urea groups is 1. The second-order valence-corrected chi connectivity index (χ2v) is 8.66. The number of ether oxygens (including phenoxy) is 1. The SMILES string of the molecule is O=C(Nc1ccc(Br)cc1)NC(OC(=O)c1ccc(Cl)cc1)C(Cl)(Cl)Cl. The Labute approximate surface area is 178 Å². The lowest BCUT2D eigenvalue weighted by molar-refractivity contribution is 0.0261. The minimum atomic E-state index is -2.08. The number of rotatable bonds is 4. The molecule has 0 spiro atoms. The van der Waals surface area contributed by atoms with Crippen LogP contribution in [0.3, 0.4) is 0 Å². The number of carbonyl (C=O) groups is 2. The Morgan fingerprint density at radius 1 is 1.00 bits per heavy atom. The Balaban J connectivity index is 2.04. The first kappa shape index (κ1) is 21.1. The van der Waals surface area contributed by atoms with Crippen molar-refractivity contribution in [1.29, 1.82) is 0 Å². The van der Waals surface area contributed by atoms with E-state index in [2.05, 4.69) is 26.6 Å². The maximum atomic E-state index is 12.2. The zero-order chi connectivity index (χ0) is 19.3. The van der Waals surface area contributed by atoms with Crippen LogP contribution in [-0.2, 0) is 4.74 Å². The topological polar surface area (TPSA) is 67.4 Å². The van der Waals surface area contributed by atoms with E-state index in [1.165, 1.54) is 24.3 Å². The van der Waals surface area contributed by atoms with Gasteiger partial charge in [-0.1, -0.05) is 62.3 Å². The summed E-state index contributed by atoms with van der Waals surface area (Å²) in [5.41, 5.74) is 0.682. The molecule has 0 aliphatic rings. The zero-order valence-electron chi connectivity index (χ0n) is 12.8. The summed E-state index contributed by atoms with van der Waals surface area (Å²) < 4.78 is 3.87. The molecule has 10 heteroatoms. The summed E-state index contributed by atoms with van der Waals surface area (Å²) in [5, 5.41) is 5.29. The number of hydrogen-bond acceptors (Lipinski definition) is 3. The number of hydrogen-bond donors (Lipinski definition) is 2. The molecule has 2 amide bonds. The summed E-state index contributed by atoms with van der Waals surface area (Å²) in [7, 11) is 0. The van der Waals surface area contributed by atoms with E-state index < -0.39 is 22.0 Å². The fourth-order valence-corrected chi connectivity index (χ4v) is 2.45. The largest absolute Gasteiger partial charge is 0.433 e. The van der Waals surface area contributed by atoms with Crippen molar-refractivity contribution in [2.75, 3.05) is 5.32 Å². The molecule has 0 aliphatic heterocycles. The van der Waals surface area contributed by atoms with E-state index in [4.69, 9.17) is 51.1 Å². The van der Waals surface area contributed by atoms with Crippen molar-refractivity contribution in [2.24, 2.45) is 0 Å². The average molecular weight is 501 g/mol. The van der Waals surface area contributed by atoms with E-state index in [0.717, 1.165) is 4.47 Å². The van der Waals surface area contributed by atoms with Crippen LogP contribution in [0.25, 0.3) is 0 Å². The highest BCUT2D eigenvalue weighted by Crippen LogP contribution is 2.31. The molecule has 2 N–H and O–H groups in total. The standard InChI is InChI=1S/C16H11BrCl4N2O3/c17-10-3-7-12(8-4-10)22-15(25)23-14(16(19,20)21)26-13(24)9-1-5-11(18)6-2-9/h1-8,14H,(H2,22,23,25). The summed E-state index contributed by atoms with van der Waals surface area (Å²) in [6, 6.07) is 12.0. The predicted molar refractivity (Wildman–Crippen MR) is 107 cm³/mol. The molecule has 1 atom stereocenters. The number of carbonyl (C=O) groups excluding carboxylic acids is 2. The van der Waals surface area contributed by atoms with Gasteiger partial charge in [0.15, 0.2) is 0 Å². The van der Waals surface area contributed by atoms with Gasteiger partial charge in [0, 0.05) is 15.2 Å². The van der Waals surface area contributed by atoms with Gasteiger partial charge >= 0.3 is 12.0 Å². The van der Waals surface area contributed by atoms with Crippen molar-refractivity contribution in [1.82, 2.24) is 5.32 Å². The lowest BCUT2D eigenvalue weighted by Crippen LogP contribution is -2.48. The molecule has 0 aliphatic carbocycles. The van der Waals surface area contributed by atoms with Crippen molar-refractivity contribution in [3.63, 3.8) is 0 Å². The van der Waals surface area contributed by atoms with E-state index in [9.17, 15) is 9.59 Å². The molecule has 0 radical (unpaired) electrons. The Kier molecular flexibility index (Phi) is 7.43. The first-order valence-corrected chi connectivity index (χ1v) is 9.32. The highest BCUT2D eigenvalue weighted by Gasteiger charge is 2.37. The maximum absolute atomic E-state index is 12.2. The third kappa shape index (κ3) is 6.52. The number of benzene rings is 2. The minimum Gasteiger partial charge on any atom is -0.433 e. The fourth-order valence-electron chi connectivity index (χ4n) is 1.76. The summed E-state index contributed by atoms with van der Waals surface area (Å²) in [6.07, 6.45) is -1.52. The van der Waals surface area contributed by atoms with Crippen LogP contribution < -0.4 is 10.6 Å². The average Bonchev–Trinajstić information content (AvgIpc) is 2.56. The van der Waals surface area contributed by atoms with Gasteiger partial charge in [-0.05, 0) is 48.5 Å². The third-order valence-corrected chi connectivity index (χ3v) is 4.34. The van der Waals surface area contributed by atoms with Gasteiger partial charge in [-0.25, -0.2) is 9.59 Å². The number of nitrogens with one attached hydrogen (secondary N) is 2. The number of esters is 1. The monoisotopic (exact) mass is 498 g/mol. The van der Waals surface area contributed by atoms with Crippen LogP contribution in [0.5, 0.6) is 0 Å². The Hall–Kier alpha value is -1.18. The zero-order valence-corrected chi connectivity index (χ0v) is 17.4. The summed E-state index contributed by atoms with van der Waals surface area (Å²) >= 11 is 26.5. The third-order valence-electron chi connectivity index (χ3n) is 2.97. The Bertz CT molecular complexity index is 780. The molecule has 0 bridgehead atoms. The lowest BCUT2D eigenvalue weighted by atomic mass is 10.2. The van der Waals surface area contributed by atoms with Crippen LogP contribution in [0.2, 0.25) is 5.02 Å². The molecular formula is C16H11BrCl4N2O3. The maximum Gasteiger partial charge on any atom is 0.340 e. The van der Waals surface area contributed by atoms with E-state index in [0.29, 0.717) is 10.7 Å². The number of amides is 2. The lowest BCUT2D eigenvalue weighted by Gasteiger charge is -2.25. The van der Waals surface area contributed by atoms with Gasteiger partial charge in [-0.15, -0.1) is 0 Å². The summed E-state index contributed by atoms with van der Waals surface area (Å²) in [4.78, 5) is 24.3. The van der Waals surface area contributed by atoms with E-state index >= 15 is 0 Å². The fraction of sp³-hybridized carbons (Fsp3) is 0.125. The van der Waals surface area contributed by atoms with Crippen LogP contribution in [-0.4, -0.2) is 22.0 Å². The first-order chi connectivity index (χ1) is 12.1. The molecule has 1 unspecified atom stereocenters. The van der Waals surface area contributed by atoms with Gasteiger partial charge in [0.25, 0.3) is 0 Å². The van der Waals surface area contributed by atoms with E-state index in [1.54, 1.807) is 24.3 Å². The van der Waals surface area contributed by atoms with E-state index in [-0.39, 0.29) is 5.56 Å². The Morgan fingerprint density at radius 3 is 2.12 bits per heavy atom. The van der Waals surface area contributed by atoms with Crippen LogP contribution in [0.15, 0.2) is 53.0 Å². The molecule has 0 heterocycles. The Morgan fingerprint density at radius 2 is 1.58 bits per heavy atom. The second kappa shape index (κ2) is 9.15. The number of alkyl halides is 3. The first-order valence-electron chi connectivity index (χ1n) is 7.01. The van der Waals surface area contributed by atoms with Crippen molar-refractivity contribution in [3.8, 4) is 0 Å². The van der Waals surface area contributed by atoms with Crippen molar-refractivity contribution in [2.45, 2.75) is 10.0 Å². The van der Waals surface area contributed by atoms with Crippen molar-refractivity contribution < 1.29 is 14.3 Å². The quantitative estimate of drug-likeness (QED) is 0.318. The molecule has 0 saturated carbocycles. The number of anilines is 1. The summed E-state index contributed by atoms with van der Waals surface area (Å²) in [5.74, 6) is -0.790. The highest BCUT2D eigenvalue weighted by molar-refractivity contribution is 9.10. The molecule has 138 valence electrons. The van der Waals surface area contributed by atoms with Gasteiger partial charge in [0.05, 0.1) is 5.56 Å². The molecule has 0 saturated heterocycles. The van der Waals surface area contributed by atoms with Gasteiger partial charge in [0.1, 0.15) is 0 Å². The molecule has 0 aromatic heterocycles. The molecule has 2 aromatic carbocycles. The van der Waals surface area contributed by atoms with Crippen LogP contribution in [0, 0.1) is 0 Å². The van der Waals surface area contributed by atoms with Gasteiger partial charge in [-0.2, -0.15) is 0 Å². The van der Waals surface area contributed by atoms with Crippen LogP contribution in [0.4, 0.5) is 10.5 Å². The van der Waals surface area contributed by atoms with Gasteiger partial charge < -0.3 is 10.1 Å². The van der Waals surface area contributed by atoms with Crippen LogP contribution >= 0.6 is 62.3 Å². The van der Waals surface area contributed by atoms with Crippen molar-refractivity contribution in [3.05, 3.63) is 63.6 Å². The molecule has 0 fully saturated rings. The van der Waals surface area contributed by atoms with Crippen molar-refractivity contribution >= 4 is 80.0 Å². The number of halogens is 5. The normalized spacial score (nSPS) is 12.2. The van der Waals surface area contributed by atoms with Crippen LogP contribution in [0.1, 0.15) is 10.4 Å². The predicted octanol–water partition coefficient (Wildman–Crippen LogP) is 5.78. The molecular weight excluding hydrogens is 490 g/mol. The highest BCUT2D eigenvalue weighted by atomic mass is 79.9. The summed E-state index contributed by atoms with van der Waals surface area (Å²) in [6.45, 7) is 0.